The Balaban J connectivity index is 1.74. The second kappa shape index (κ2) is 4.80. The van der Waals surface area contributed by atoms with Gasteiger partial charge in [-0.3, -0.25) is 4.79 Å². The van der Waals surface area contributed by atoms with Crippen LogP contribution in [-0.4, -0.2) is 20.4 Å². The summed E-state index contributed by atoms with van der Waals surface area (Å²) in [6, 6.07) is 12.2. The maximum absolute atomic E-state index is 13.4. The number of aromatic amines is 1. The maximum Gasteiger partial charge on any atom is 0.250 e. The van der Waals surface area contributed by atoms with Crippen LogP contribution in [0.4, 0.5) is 4.39 Å². The summed E-state index contributed by atoms with van der Waals surface area (Å²) in [5.74, 6) is -0.0678. The van der Waals surface area contributed by atoms with Crippen molar-refractivity contribution in [3.05, 3.63) is 71.3 Å². The lowest BCUT2D eigenvalue weighted by molar-refractivity contribution is 0.0999. The van der Waals surface area contributed by atoms with E-state index in [9.17, 15) is 9.18 Å². The summed E-state index contributed by atoms with van der Waals surface area (Å²) in [4.78, 5) is 19.4. The van der Waals surface area contributed by atoms with Gasteiger partial charge in [0.25, 0.3) is 5.91 Å². The second-order valence-electron chi connectivity index (χ2n) is 6.15. The summed E-state index contributed by atoms with van der Waals surface area (Å²) >= 11 is 0. The van der Waals surface area contributed by atoms with Gasteiger partial charge in [0, 0.05) is 23.9 Å². The Morgan fingerprint density at radius 2 is 2.12 bits per heavy atom. The van der Waals surface area contributed by atoms with Crippen LogP contribution in [0.1, 0.15) is 21.6 Å². The summed E-state index contributed by atoms with van der Waals surface area (Å²) in [7, 11) is 0. The van der Waals surface area contributed by atoms with Crippen molar-refractivity contribution in [2.75, 3.05) is 0 Å². The Morgan fingerprint density at radius 1 is 1.24 bits per heavy atom. The van der Waals surface area contributed by atoms with Crippen molar-refractivity contribution < 1.29 is 9.18 Å². The number of amides is 1. The molecule has 0 atom stereocenters. The number of fused-ring (bicyclic) bond motifs is 4. The van der Waals surface area contributed by atoms with Crippen molar-refractivity contribution in [2.45, 2.75) is 6.42 Å². The van der Waals surface area contributed by atoms with E-state index in [1.807, 2.05) is 29.0 Å². The number of nitrogens with one attached hydrogen (secondary N) is 1. The number of aromatic nitrogens is 3. The molecule has 122 valence electrons. The van der Waals surface area contributed by atoms with E-state index in [4.69, 9.17) is 5.73 Å². The molecular weight excluding hydrogens is 319 g/mol. The third kappa shape index (κ3) is 1.94. The number of nitrogens with two attached hydrogens (primary N) is 1. The van der Waals surface area contributed by atoms with E-state index in [0.717, 1.165) is 22.5 Å². The van der Waals surface area contributed by atoms with Gasteiger partial charge >= 0.3 is 0 Å². The lowest BCUT2D eigenvalue weighted by atomic mass is 10.0. The molecule has 1 aliphatic rings. The van der Waals surface area contributed by atoms with E-state index in [-0.39, 0.29) is 5.82 Å². The minimum Gasteiger partial charge on any atom is -0.366 e. The number of carbonyl (C=O) groups excluding carboxylic acids is 1. The van der Waals surface area contributed by atoms with Crippen LogP contribution >= 0.6 is 0 Å². The number of para-hydroxylation sites is 1. The first kappa shape index (κ1) is 14.0. The SMILES string of the molecule is NC(=O)c1ccn2c1Cc1cccc(-c3nc4ccc(F)cc4[nH]3)c1-2. The molecule has 1 amide bonds. The van der Waals surface area contributed by atoms with Crippen LogP contribution < -0.4 is 5.73 Å². The minimum atomic E-state index is -0.428. The Bertz CT molecular complexity index is 1170. The van der Waals surface area contributed by atoms with Crippen LogP contribution in [0.25, 0.3) is 28.1 Å². The zero-order valence-corrected chi connectivity index (χ0v) is 13.1. The van der Waals surface area contributed by atoms with Gasteiger partial charge in [0.05, 0.1) is 22.3 Å². The van der Waals surface area contributed by atoms with Crippen molar-refractivity contribution in [3.8, 4) is 17.1 Å². The summed E-state index contributed by atoms with van der Waals surface area (Å²) in [6.45, 7) is 0. The van der Waals surface area contributed by atoms with Gasteiger partial charge in [-0.25, -0.2) is 9.37 Å². The molecule has 1 aliphatic heterocycles. The van der Waals surface area contributed by atoms with E-state index in [1.54, 1.807) is 12.1 Å². The molecule has 0 fully saturated rings. The van der Waals surface area contributed by atoms with Crippen molar-refractivity contribution in [1.82, 2.24) is 14.5 Å². The molecule has 6 heteroatoms. The number of halogens is 1. The van der Waals surface area contributed by atoms with Gasteiger partial charge in [0.15, 0.2) is 0 Å². The van der Waals surface area contributed by atoms with Gasteiger partial charge < -0.3 is 15.3 Å². The molecule has 0 saturated heterocycles. The summed E-state index contributed by atoms with van der Waals surface area (Å²) in [6.07, 6.45) is 2.50. The van der Waals surface area contributed by atoms with Crippen molar-refractivity contribution in [1.29, 1.82) is 0 Å². The van der Waals surface area contributed by atoms with E-state index in [0.29, 0.717) is 28.8 Å². The third-order valence-electron chi connectivity index (χ3n) is 4.67. The number of rotatable bonds is 2. The molecule has 2 aromatic carbocycles. The first-order valence-corrected chi connectivity index (χ1v) is 7.90. The molecule has 0 unspecified atom stereocenters. The highest BCUT2D eigenvalue weighted by molar-refractivity contribution is 5.95. The van der Waals surface area contributed by atoms with Crippen LogP contribution in [-0.2, 0) is 6.42 Å². The highest BCUT2D eigenvalue weighted by atomic mass is 19.1. The van der Waals surface area contributed by atoms with Crippen LogP contribution in [0.15, 0.2) is 48.7 Å². The fraction of sp³-hybridized carbons (Fsp3) is 0.0526. The zero-order chi connectivity index (χ0) is 17.1. The van der Waals surface area contributed by atoms with Crippen molar-refractivity contribution in [2.24, 2.45) is 5.73 Å². The standard InChI is InChI=1S/C19H13FN4O/c20-11-4-5-14-15(9-11)23-19(22-14)13-3-1-2-10-8-16-12(18(21)25)6-7-24(16)17(10)13/h1-7,9H,8H2,(H2,21,25)(H,22,23). The zero-order valence-electron chi connectivity index (χ0n) is 13.1. The van der Waals surface area contributed by atoms with Crippen LogP contribution in [0.2, 0.25) is 0 Å². The van der Waals surface area contributed by atoms with Gasteiger partial charge in [-0.15, -0.1) is 0 Å². The minimum absolute atomic E-state index is 0.306. The lowest BCUT2D eigenvalue weighted by Crippen LogP contribution is -2.12. The van der Waals surface area contributed by atoms with Gasteiger partial charge in [-0.1, -0.05) is 12.1 Å². The number of hydrogen-bond acceptors (Lipinski definition) is 2. The summed E-state index contributed by atoms with van der Waals surface area (Å²) < 4.78 is 15.4. The normalized spacial score (nSPS) is 12.4. The molecule has 25 heavy (non-hydrogen) atoms. The average Bonchev–Trinajstić information content (AvgIpc) is 3.25. The number of H-pyrrole nitrogens is 1. The number of carbonyl (C=O) groups is 1. The topological polar surface area (TPSA) is 76.7 Å². The fourth-order valence-electron chi connectivity index (χ4n) is 3.58. The first-order valence-electron chi connectivity index (χ1n) is 7.90. The van der Waals surface area contributed by atoms with Gasteiger partial charge in [-0.05, 0) is 35.9 Å². The molecule has 3 heterocycles. The second-order valence-corrected chi connectivity index (χ2v) is 6.15. The van der Waals surface area contributed by atoms with E-state index < -0.39 is 5.91 Å². The maximum atomic E-state index is 13.4. The van der Waals surface area contributed by atoms with E-state index in [1.165, 1.54) is 12.1 Å². The van der Waals surface area contributed by atoms with Crippen LogP contribution in [0, 0.1) is 5.82 Å². The predicted octanol–water partition coefficient (Wildman–Crippen LogP) is 3.16. The Labute approximate surface area is 141 Å². The van der Waals surface area contributed by atoms with Crippen LogP contribution in [0.3, 0.4) is 0 Å². The largest absolute Gasteiger partial charge is 0.366 e. The Kier molecular flexibility index (Phi) is 2.68. The molecule has 5 rings (SSSR count). The number of hydrogen-bond donors (Lipinski definition) is 2. The van der Waals surface area contributed by atoms with E-state index in [2.05, 4.69) is 9.97 Å². The Hall–Kier alpha value is -3.41. The predicted molar refractivity (Wildman–Crippen MR) is 92.1 cm³/mol. The molecule has 0 radical (unpaired) electrons. The molecule has 0 bridgehead atoms. The van der Waals surface area contributed by atoms with Crippen molar-refractivity contribution in [3.63, 3.8) is 0 Å². The monoisotopic (exact) mass is 332 g/mol. The van der Waals surface area contributed by atoms with Gasteiger partial charge in [0.2, 0.25) is 0 Å². The number of benzene rings is 2. The van der Waals surface area contributed by atoms with Gasteiger partial charge in [-0.2, -0.15) is 0 Å². The first-order chi connectivity index (χ1) is 12.1. The number of imidazole rings is 1. The quantitative estimate of drug-likeness (QED) is 0.521. The molecule has 5 nitrogen and oxygen atoms in total. The molecule has 0 spiro atoms. The number of nitrogens with zero attached hydrogens (tertiary/aromatic N) is 2. The van der Waals surface area contributed by atoms with Crippen LogP contribution in [0.5, 0.6) is 0 Å². The molecule has 3 N–H and O–H groups in total. The summed E-state index contributed by atoms with van der Waals surface area (Å²) in [5, 5.41) is 0. The lowest BCUT2D eigenvalue weighted by Gasteiger charge is -2.08. The number of primary amides is 1. The molecule has 2 aromatic heterocycles. The molecule has 4 aromatic rings. The highest BCUT2D eigenvalue weighted by Crippen LogP contribution is 2.37. The van der Waals surface area contributed by atoms with E-state index >= 15 is 0 Å². The fourth-order valence-corrected chi connectivity index (χ4v) is 3.58. The molecule has 0 aliphatic carbocycles. The Morgan fingerprint density at radius 3 is 2.96 bits per heavy atom. The van der Waals surface area contributed by atoms with Gasteiger partial charge in [0.1, 0.15) is 11.6 Å². The average molecular weight is 332 g/mol. The highest BCUT2D eigenvalue weighted by Gasteiger charge is 2.26. The molecular formula is C19H13FN4O. The smallest absolute Gasteiger partial charge is 0.250 e. The molecule has 0 saturated carbocycles. The third-order valence-corrected chi connectivity index (χ3v) is 4.67. The van der Waals surface area contributed by atoms with Crippen molar-refractivity contribution >= 4 is 16.9 Å². The summed E-state index contributed by atoms with van der Waals surface area (Å²) in [5.41, 5.74) is 11.2.